The molecule has 3 heterocycles. The molecule has 9 heteroatoms. The number of amides is 1. The van der Waals surface area contributed by atoms with Crippen LogP contribution in [0.5, 0.6) is 0 Å². The van der Waals surface area contributed by atoms with Crippen LogP contribution in [0, 0.1) is 0 Å². The summed E-state index contributed by atoms with van der Waals surface area (Å²) in [5.41, 5.74) is 2.12. The molecule has 0 spiro atoms. The van der Waals surface area contributed by atoms with Crippen molar-refractivity contribution in [2.24, 2.45) is 0 Å². The van der Waals surface area contributed by atoms with E-state index >= 15 is 0 Å². The molecule has 1 amide bonds. The van der Waals surface area contributed by atoms with E-state index in [9.17, 15) is 9.59 Å². The number of benzene rings is 1. The quantitative estimate of drug-likeness (QED) is 0.390. The molecular weight excluding hydrogens is 422 g/mol. The van der Waals surface area contributed by atoms with Crippen LogP contribution in [-0.2, 0) is 13.0 Å². The molecule has 0 atom stereocenters. The van der Waals surface area contributed by atoms with Gasteiger partial charge >= 0.3 is 0 Å². The van der Waals surface area contributed by atoms with E-state index in [2.05, 4.69) is 20.3 Å². The first-order valence-corrected chi connectivity index (χ1v) is 10.5. The zero-order valence-electron chi connectivity index (χ0n) is 18.7. The van der Waals surface area contributed by atoms with Crippen molar-refractivity contribution in [3.8, 4) is 11.3 Å². The molecule has 4 rings (SSSR count). The molecule has 3 aromatic heterocycles. The van der Waals surface area contributed by atoms with Gasteiger partial charge in [0.15, 0.2) is 35.2 Å². The first-order valence-electron chi connectivity index (χ1n) is 10.5. The number of aromatic nitrogens is 3. The third-order valence-electron chi connectivity index (χ3n) is 5.03. The summed E-state index contributed by atoms with van der Waals surface area (Å²) in [6.07, 6.45) is 3.86. The second-order valence-electron chi connectivity index (χ2n) is 7.96. The Labute approximate surface area is 191 Å². The molecule has 0 saturated heterocycles. The number of nitrogens with one attached hydrogen (secondary N) is 1. The predicted molar refractivity (Wildman–Crippen MR) is 122 cm³/mol. The molecule has 170 valence electrons. The number of anilines is 1. The van der Waals surface area contributed by atoms with E-state index in [1.807, 2.05) is 38.4 Å². The van der Waals surface area contributed by atoms with E-state index < -0.39 is 5.91 Å². The third-order valence-corrected chi connectivity index (χ3v) is 5.03. The fraction of sp³-hybridized carbons (Fsp3) is 0.250. The number of oxazole rings is 1. The summed E-state index contributed by atoms with van der Waals surface area (Å²) in [5.74, 6) is 1.11. The Morgan fingerprint density at radius 2 is 2.00 bits per heavy atom. The molecule has 0 aliphatic carbocycles. The van der Waals surface area contributed by atoms with Crippen LogP contribution in [0.3, 0.4) is 0 Å². The average Bonchev–Trinajstić information content (AvgIpc) is 3.54. The van der Waals surface area contributed by atoms with Crippen molar-refractivity contribution in [1.82, 2.24) is 19.7 Å². The molecule has 1 aromatic carbocycles. The van der Waals surface area contributed by atoms with Crippen LogP contribution < -0.4 is 5.32 Å². The minimum absolute atomic E-state index is 0.138. The Hall–Kier alpha value is -3.98. The van der Waals surface area contributed by atoms with E-state index in [4.69, 9.17) is 8.83 Å². The third kappa shape index (κ3) is 5.45. The fourth-order valence-corrected chi connectivity index (χ4v) is 3.34. The zero-order valence-corrected chi connectivity index (χ0v) is 18.7. The van der Waals surface area contributed by atoms with Crippen molar-refractivity contribution >= 4 is 17.5 Å². The minimum atomic E-state index is -0.417. The lowest BCUT2D eigenvalue weighted by atomic mass is 10.0. The van der Waals surface area contributed by atoms with Gasteiger partial charge in [0.05, 0.1) is 6.54 Å². The lowest BCUT2D eigenvalue weighted by Crippen LogP contribution is -2.15. The number of ketones is 1. The molecule has 0 saturated carbocycles. The molecule has 9 nitrogen and oxygen atoms in total. The van der Waals surface area contributed by atoms with E-state index in [0.29, 0.717) is 29.6 Å². The van der Waals surface area contributed by atoms with E-state index in [1.165, 1.54) is 13.3 Å². The van der Waals surface area contributed by atoms with Crippen molar-refractivity contribution in [3.05, 3.63) is 77.8 Å². The number of hydrogen-bond acceptors (Lipinski definition) is 7. The lowest BCUT2D eigenvalue weighted by molar-refractivity contribution is 0.0983. The molecule has 33 heavy (non-hydrogen) atoms. The van der Waals surface area contributed by atoms with Crippen LogP contribution in [0.4, 0.5) is 5.82 Å². The summed E-state index contributed by atoms with van der Waals surface area (Å²) in [7, 11) is 4.06. The number of rotatable bonds is 9. The van der Waals surface area contributed by atoms with Crippen molar-refractivity contribution in [2.75, 3.05) is 26.0 Å². The van der Waals surface area contributed by atoms with Gasteiger partial charge in [-0.1, -0.05) is 18.2 Å². The van der Waals surface area contributed by atoms with Gasteiger partial charge in [0.2, 0.25) is 0 Å². The van der Waals surface area contributed by atoms with E-state index in [0.717, 1.165) is 24.1 Å². The second kappa shape index (κ2) is 9.66. The van der Waals surface area contributed by atoms with Crippen LogP contribution in [0.1, 0.15) is 39.3 Å². The lowest BCUT2D eigenvalue weighted by Gasteiger charge is -2.10. The highest BCUT2D eigenvalue weighted by Gasteiger charge is 2.19. The SMILES string of the molecule is CC(=O)c1ccc(Cn2ccc(NC(=O)c3ncoc3-c3cccc(CCN(C)C)c3)n2)o1. The maximum atomic E-state index is 12.9. The highest BCUT2D eigenvalue weighted by atomic mass is 16.4. The molecule has 4 aromatic rings. The molecular formula is C24H25N5O4. The number of carbonyl (C=O) groups excluding carboxylic acids is 2. The van der Waals surface area contributed by atoms with Crippen LogP contribution in [-0.4, -0.2) is 52.0 Å². The van der Waals surface area contributed by atoms with Gasteiger partial charge in [-0.05, 0) is 44.3 Å². The Morgan fingerprint density at radius 3 is 2.76 bits per heavy atom. The van der Waals surface area contributed by atoms with Crippen molar-refractivity contribution < 1.29 is 18.4 Å². The molecule has 0 radical (unpaired) electrons. The van der Waals surface area contributed by atoms with Gasteiger partial charge < -0.3 is 19.1 Å². The van der Waals surface area contributed by atoms with Gasteiger partial charge in [-0.15, -0.1) is 0 Å². The molecule has 1 N–H and O–H groups in total. The van der Waals surface area contributed by atoms with Gasteiger partial charge in [0, 0.05) is 31.3 Å². The number of likely N-dealkylation sites (N-methyl/N-ethyl adjacent to an activating group) is 1. The standard InChI is InChI=1S/C24H25N5O4/c1-16(30)20-8-7-19(33-20)14-29-12-10-21(27-29)26-24(31)22-23(32-15-25-22)18-6-4-5-17(13-18)9-11-28(2)3/h4-8,10,12-13,15H,9,11,14H2,1-3H3,(H,26,27,31). The van der Waals surface area contributed by atoms with Gasteiger partial charge in [0.1, 0.15) is 5.76 Å². The fourth-order valence-electron chi connectivity index (χ4n) is 3.34. The normalized spacial score (nSPS) is 11.2. The first kappa shape index (κ1) is 22.2. The Bertz CT molecular complexity index is 1270. The zero-order chi connectivity index (χ0) is 23.4. The van der Waals surface area contributed by atoms with Gasteiger partial charge in [-0.3, -0.25) is 14.3 Å². The summed E-state index contributed by atoms with van der Waals surface area (Å²) in [6, 6.07) is 12.9. The van der Waals surface area contributed by atoms with Gasteiger partial charge in [0.25, 0.3) is 5.91 Å². The Morgan fingerprint density at radius 1 is 1.15 bits per heavy atom. The van der Waals surface area contributed by atoms with Crippen LogP contribution in [0.25, 0.3) is 11.3 Å². The highest BCUT2D eigenvalue weighted by Crippen LogP contribution is 2.25. The summed E-state index contributed by atoms with van der Waals surface area (Å²) < 4.78 is 12.6. The molecule has 0 unspecified atom stereocenters. The minimum Gasteiger partial charge on any atom is -0.456 e. The number of hydrogen-bond donors (Lipinski definition) is 1. The second-order valence-corrected chi connectivity index (χ2v) is 7.96. The largest absolute Gasteiger partial charge is 0.456 e. The molecule has 0 aliphatic rings. The smallest absolute Gasteiger partial charge is 0.279 e. The summed E-state index contributed by atoms with van der Waals surface area (Å²) in [4.78, 5) is 30.5. The molecule has 0 fully saturated rings. The first-order chi connectivity index (χ1) is 15.9. The molecule has 0 aliphatic heterocycles. The molecule has 0 bridgehead atoms. The average molecular weight is 447 g/mol. The van der Waals surface area contributed by atoms with E-state index in [1.54, 1.807) is 29.1 Å². The van der Waals surface area contributed by atoms with Crippen LogP contribution in [0.15, 0.2) is 63.9 Å². The monoisotopic (exact) mass is 447 g/mol. The Balaban J connectivity index is 1.45. The highest BCUT2D eigenvalue weighted by molar-refractivity contribution is 6.05. The number of Topliss-reactive ketones (excluding diaryl/α,β-unsaturated/α-hetero) is 1. The number of carbonyl (C=O) groups is 2. The topological polar surface area (TPSA) is 106 Å². The summed E-state index contributed by atoms with van der Waals surface area (Å²) in [5, 5.41) is 7.10. The van der Waals surface area contributed by atoms with Gasteiger partial charge in [-0.25, -0.2) is 4.98 Å². The maximum absolute atomic E-state index is 12.9. The van der Waals surface area contributed by atoms with Crippen molar-refractivity contribution in [2.45, 2.75) is 19.9 Å². The number of furan rings is 1. The maximum Gasteiger partial charge on any atom is 0.279 e. The van der Waals surface area contributed by atoms with E-state index in [-0.39, 0.29) is 11.5 Å². The van der Waals surface area contributed by atoms with Crippen LogP contribution >= 0.6 is 0 Å². The number of nitrogens with zero attached hydrogens (tertiary/aromatic N) is 4. The van der Waals surface area contributed by atoms with Crippen molar-refractivity contribution in [1.29, 1.82) is 0 Å². The van der Waals surface area contributed by atoms with Crippen LogP contribution in [0.2, 0.25) is 0 Å². The predicted octanol–water partition coefficient (Wildman–Crippen LogP) is 3.74. The summed E-state index contributed by atoms with van der Waals surface area (Å²) in [6.45, 7) is 2.70. The Kier molecular flexibility index (Phi) is 6.50. The van der Waals surface area contributed by atoms with Gasteiger partial charge in [-0.2, -0.15) is 5.10 Å². The summed E-state index contributed by atoms with van der Waals surface area (Å²) >= 11 is 0. The van der Waals surface area contributed by atoms with Crippen molar-refractivity contribution in [3.63, 3.8) is 0 Å².